The van der Waals surface area contributed by atoms with Gasteiger partial charge in [-0.05, 0) is 13.0 Å². The number of hydrogen-bond donors (Lipinski definition) is 2. The molecule has 0 heterocycles. The number of hydrogen-bond acceptors (Lipinski definition) is 4. The van der Waals surface area contributed by atoms with Gasteiger partial charge < -0.3 is 11.1 Å². The summed E-state index contributed by atoms with van der Waals surface area (Å²) in [6, 6.07) is 0. The van der Waals surface area contributed by atoms with Crippen molar-refractivity contribution >= 4 is 15.7 Å². The lowest BCUT2D eigenvalue weighted by molar-refractivity contribution is -0.118. The molecule has 0 fully saturated rings. The van der Waals surface area contributed by atoms with Gasteiger partial charge in [0.05, 0.1) is 0 Å². The second-order valence-electron chi connectivity index (χ2n) is 2.56. The molecule has 0 aliphatic carbocycles. The number of carbonyl (C=O) groups excluding carboxylic acids is 1. The van der Waals surface area contributed by atoms with Gasteiger partial charge in [0.15, 0.2) is 9.84 Å². The molecule has 0 rings (SSSR count). The molecular weight excluding hydrogens is 180 g/mol. The SMILES string of the molecule is CS(=O)(=O)CC(=O)NCCCN. The minimum absolute atomic E-state index is 0.435. The van der Waals surface area contributed by atoms with Crippen molar-refractivity contribution < 1.29 is 13.2 Å². The fraction of sp³-hybridized carbons (Fsp3) is 0.833. The molecular formula is C6H14N2O3S. The van der Waals surface area contributed by atoms with E-state index in [2.05, 4.69) is 5.32 Å². The first-order valence-electron chi connectivity index (χ1n) is 3.60. The third-order valence-corrected chi connectivity index (χ3v) is 1.88. The first kappa shape index (κ1) is 11.4. The molecule has 12 heavy (non-hydrogen) atoms. The lowest BCUT2D eigenvalue weighted by Crippen LogP contribution is -2.31. The summed E-state index contributed by atoms with van der Waals surface area (Å²) < 4.78 is 21.2. The number of amides is 1. The Kier molecular flexibility index (Phi) is 4.84. The molecule has 5 nitrogen and oxygen atoms in total. The van der Waals surface area contributed by atoms with E-state index in [0.29, 0.717) is 19.5 Å². The molecule has 72 valence electrons. The lowest BCUT2D eigenvalue weighted by atomic mass is 10.4. The van der Waals surface area contributed by atoms with E-state index in [9.17, 15) is 13.2 Å². The second-order valence-corrected chi connectivity index (χ2v) is 4.70. The van der Waals surface area contributed by atoms with Crippen LogP contribution >= 0.6 is 0 Å². The van der Waals surface area contributed by atoms with Gasteiger partial charge in [0.25, 0.3) is 0 Å². The largest absolute Gasteiger partial charge is 0.355 e. The van der Waals surface area contributed by atoms with Crippen molar-refractivity contribution in [3.05, 3.63) is 0 Å². The molecule has 0 aromatic heterocycles. The molecule has 1 amide bonds. The summed E-state index contributed by atoms with van der Waals surface area (Å²) in [7, 11) is -3.20. The van der Waals surface area contributed by atoms with Crippen LogP contribution in [0.2, 0.25) is 0 Å². The maximum atomic E-state index is 10.8. The molecule has 0 aliphatic rings. The van der Waals surface area contributed by atoms with Gasteiger partial charge in [0.1, 0.15) is 5.75 Å². The Morgan fingerprint density at radius 1 is 1.50 bits per heavy atom. The highest BCUT2D eigenvalue weighted by molar-refractivity contribution is 7.91. The van der Waals surface area contributed by atoms with Gasteiger partial charge in [-0.1, -0.05) is 0 Å². The predicted molar refractivity (Wildman–Crippen MR) is 46.4 cm³/mol. The zero-order chi connectivity index (χ0) is 9.61. The quantitative estimate of drug-likeness (QED) is 0.521. The Morgan fingerprint density at radius 3 is 2.50 bits per heavy atom. The first-order valence-corrected chi connectivity index (χ1v) is 5.66. The Balaban J connectivity index is 3.62. The normalized spacial score (nSPS) is 11.2. The van der Waals surface area contributed by atoms with Crippen LogP contribution < -0.4 is 11.1 Å². The van der Waals surface area contributed by atoms with Crippen LogP contribution in [0, 0.1) is 0 Å². The summed E-state index contributed by atoms with van der Waals surface area (Å²) in [4.78, 5) is 10.8. The Hall–Kier alpha value is -0.620. The van der Waals surface area contributed by atoms with E-state index in [0.717, 1.165) is 6.26 Å². The van der Waals surface area contributed by atoms with Gasteiger partial charge >= 0.3 is 0 Å². The van der Waals surface area contributed by atoms with E-state index in [4.69, 9.17) is 5.73 Å². The number of rotatable bonds is 5. The summed E-state index contributed by atoms with van der Waals surface area (Å²) in [5.74, 6) is -0.914. The van der Waals surface area contributed by atoms with Crippen molar-refractivity contribution in [2.45, 2.75) is 6.42 Å². The fourth-order valence-corrected chi connectivity index (χ4v) is 1.20. The Morgan fingerprint density at radius 2 is 2.08 bits per heavy atom. The summed E-state index contributed by atoms with van der Waals surface area (Å²) in [5, 5.41) is 2.44. The second kappa shape index (κ2) is 5.10. The van der Waals surface area contributed by atoms with Gasteiger partial charge in [-0.2, -0.15) is 0 Å². The number of nitrogens with two attached hydrogens (primary N) is 1. The van der Waals surface area contributed by atoms with Crippen LogP contribution in [0.15, 0.2) is 0 Å². The molecule has 3 N–H and O–H groups in total. The molecule has 0 aromatic carbocycles. The van der Waals surface area contributed by atoms with Crippen LogP contribution in [-0.2, 0) is 14.6 Å². The highest BCUT2D eigenvalue weighted by Crippen LogP contribution is 1.81. The molecule has 6 heteroatoms. The molecule has 0 unspecified atom stereocenters. The third kappa shape index (κ3) is 7.49. The summed E-state index contributed by atoms with van der Waals surface area (Å²) >= 11 is 0. The molecule has 0 aliphatic heterocycles. The fourth-order valence-electron chi connectivity index (χ4n) is 0.619. The predicted octanol–water partition coefficient (Wildman–Crippen LogP) is -1.50. The van der Waals surface area contributed by atoms with Gasteiger partial charge in [-0.25, -0.2) is 8.42 Å². The van der Waals surface area contributed by atoms with E-state index in [1.807, 2.05) is 0 Å². The van der Waals surface area contributed by atoms with Gasteiger partial charge in [-0.15, -0.1) is 0 Å². The molecule has 0 saturated carbocycles. The van der Waals surface area contributed by atoms with Gasteiger partial charge in [0, 0.05) is 12.8 Å². The Labute approximate surface area is 72.2 Å². The van der Waals surface area contributed by atoms with Crippen LogP contribution in [-0.4, -0.2) is 39.4 Å². The molecule has 0 aromatic rings. The standard InChI is InChI=1S/C6H14N2O3S/c1-12(10,11)5-6(9)8-4-2-3-7/h2-5,7H2,1H3,(H,8,9). The van der Waals surface area contributed by atoms with Crippen molar-refractivity contribution in [1.29, 1.82) is 0 Å². The highest BCUT2D eigenvalue weighted by atomic mass is 32.2. The van der Waals surface area contributed by atoms with E-state index >= 15 is 0 Å². The molecule has 0 bridgehead atoms. The topological polar surface area (TPSA) is 89.3 Å². The number of carbonyl (C=O) groups is 1. The van der Waals surface area contributed by atoms with Crippen molar-refractivity contribution in [2.24, 2.45) is 5.73 Å². The van der Waals surface area contributed by atoms with Crippen LogP contribution in [0.3, 0.4) is 0 Å². The first-order chi connectivity index (χ1) is 5.45. The lowest BCUT2D eigenvalue weighted by Gasteiger charge is -2.01. The van der Waals surface area contributed by atoms with Crippen molar-refractivity contribution in [3.8, 4) is 0 Å². The van der Waals surface area contributed by atoms with E-state index in [-0.39, 0.29) is 0 Å². The molecule has 0 spiro atoms. The van der Waals surface area contributed by atoms with E-state index < -0.39 is 21.5 Å². The zero-order valence-corrected chi connectivity index (χ0v) is 7.86. The number of nitrogens with one attached hydrogen (secondary N) is 1. The van der Waals surface area contributed by atoms with Crippen molar-refractivity contribution in [2.75, 3.05) is 25.1 Å². The minimum atomic E-state index is -3.20. The van der Waals surface area contributed by atoms with Gasteiger partial charge in [0.2, 0.25) is 5.91 Å². The Bertz CT molecular complexity index is 235. The molecule has 0 radical (unpaired) electrons. The van der Waals surface area contributed by atoms with Crippen LogP contribution in [0.4, 0.5) is 0 Å². The minimum Gasteiger partial charge on any atom is -0.355 e. The number of sulfone groups is 1. The molecule has 0 atom stereocenters. The summed E-state index contributed by atoms with van der Waals surface area (Å²) in [6.07, 6.45) is 1.69. The van der Waals surface area contributed by atoms with Crippen molar-refractivity contribution in [1.82, 2.24) is 5.32 Å². The third-order valence-electron chi connectivity index (χ3n) is 1.10. The average Bonchev–Trinajstić information content (AvgIpc) is 1.84. The zero-order valence-electron chi connectivity index (χ0n) is 7.04. The summed E-state index contributed by atoms with van der Waals surface area (Å²) in [5.41, 5.74) is 5.17. The van der Waals surface area contributed by atoms with Crippen LogP contribution in [0.1, 0.15) is 6.42 Å². The molecule has 0 saturated heterocycles. The van der Waals surface area contributed by atoms with E-state index in [1.165, 1.54) is 0 Å². The monoisotopic (exact) mass is 194 g/mol. The average molecular weight is 194 g/mol. The van der Waals surface area contributed by atoms with Gasteiger partial charge in [-0.3, -0.25) is 4.79 Å². The summed E-state index contributed by atoms with van der Waals surface area (Å²) in [6.45, 7) is 0.921. The smallest absolute Gasteiger partial charge is 0.235 e. The van der Waals surface area contributed by atoms with Crippen LogP contribution in [0.25, 0.3) is 0 Å². The highest BCUT2D eigenvalue weighted by Gasteiger charge is 2.09. The maximum Gasteiger partial charge on any atom is 0.235 e. The maximum absolute atomic E-state index is 10.8. The van der Waals surface area contributed by atoms with Crippen molar-refractivity contribution in [3.63, 3.8) is 0 Å². The van der Waals surface area contributed by atoms with E-state index in [1.54, 1.807) is 0 Å². The van der Waals surface area contributed by atoms with Crippen LogP contribution in [0.5, 0.6) is 0 Å².